The van der Waals surface area contributed by atoms with Gasteiger partial charge in [-0.2, -0.15) is 5.16 Å². The van der Waals surface area contributed by atoms with Gasteiger partial charge in [0.05, 0.1) is 10.0 Å². The maximum atomic E-state index is 16.7. The number of rotatable bonds is 9. The summed E-state index contributed by atoms with van der Waals surface area (Å²) in [6.45, 7) is 6.53. The lowest BCUT2D eigenvalue weighted by Gasteiger charge is -2.55. The second kappa shape index (κ2) is 11.1. The number of nitrogens with zero attached hydrogens (tertiary/aromatic N) is 1. The van der Waals surface area contributed by atoms with Gasteiger partial charge in [-0.25, -0.2) is 4.39 Å². The summed E-state index contributed by atoms with van der Waals surface area (Å²) in [6, 6.07) is 9.62. The van der Waals surface area contributed by atoms with Gasteiger partial charge < -0.3 is 14.0 Å². The van der Waals surface area contributed by atoms with Crippen LogP contribution in [0.25, 0.3) is 0 Å². The highest BCUT2D eigenvalue weighted by Crippen LogP contribution is 2.61. The Balaban J connectivity index is 1.36. The van der Waals surface area contributed by atoms with Crippen molar-refractivity contribution in [3.05, 3.63) is 95.9 Å². The van der Waals surface area contributed by atoms with E-state index in [0.717, 1.165) is 31.5 Å². The molecule has 44 heavy (non-hydrogen) atoms. The molecule has 3 aliphatic carbocycles. The lowest BCUT2D eigenvalue weighted by molar-refractivity contribution is -0.0738. The highest BCUT2D eigenvalue weighted by atomic mass is 79.9. The van der Waals surface area contributed by atoms with Crippen molar-refractivity contribution in [2.24, 2.45) is 17.3 Å². The van der Waals surface area contributed by atoms with Crippen LogP contribution in [0.5, 0.6) is 5.75 Å². The van der Waals surface area contributed by atoms with Crippen molar-refractivity contribution in [1.29, 1.82) is 0 Å². The van der Waals surface area contributed by atoms with Crippen molar-refractivity contribution in [2.75, 3.05) is 19.7 Å². The molecule has 0 amide bonds. The number of fused-ring (bicyclic) bond motifs is 3. The van der Waals surface area contributed by atoms with Crippen molar-refractivity contribution < 1.29 is 28.0 Å². The fraction of sp³-hybridized carbons (Fsp3) is 0.441. The van der Waals surface area contributed by atoms with Gasteiger partial charge in [-0.05, 0) is 72.1 Å². The van der Waals surface area contributed by atoms with E-state index >= 15 is 4.39 Å². The van der Waals surface area contributed by atoms with Crippen molar-refractivity contribution in [3.63, 3.8) is 0 Å². The topological polar surface area (TPSA) is 102 Å². The van der Waals surface area contributed by atoms with Crippen LogP contribution in [0.2, 0.25) is 0 Å². The first kappa shape index (κ1) is 29.2. The minimum atomic E-state index is -1.08. The Morgan fingerprint density at radius 3 is 2.52 bits per heavy atom. The summed E-state index contributed by atoms with van der Waals surface area (Å²) in [6.07, 6.45) is 3.01. The van der Waals surface area contributed by atoms with E-state index in [1.165, 1.54) is 0 Å². The number of Topliss-reactive ketones (excluding diaryl/α,β-unsaturated/α-hetero) is 2. The molecule has 230 valence electrons. The molecule has 3 atom stereocenters. The number of H-pyrrole nitrogens is 1. The highest BCUT2D eigenvalue weighted by Gasteiger charge is 2.66. The predicted molar refractivity (Wildman–Crippen MR) is 163 cm³/mol. The van der Waals surface area contributed by atoms with E-state index in [2.05, 4.69) is 39.8 Å². The highest BCUT2D eigenvalue weighted by molar-refractivity contribution is 9.10. The Labute approximate surface area is 262 Å². The largest absolute Gasteiger partial charge is 0.495 e. The molecule has 0 radical (unpaired) electrons. The number of carbonyl (C=O) groups excluding carboxylic acids is 2. The van der Waals surface area contributed by atoms with E-state index in [4.69, 9.17) is 14.0 Å². The standard InChI is InChI=1S/C34H34BrFN2O6/c1-3-10-38(11-4-2)15-22-27(35)30(42-16-18-8-6-5-7-9-18)25-21(28(22)36)13-19-12-20-14-23-26(33(41)37-44-23)31(40)34(20)17-43-32(34)24(19)29(25)39/h5-9,19-20H,3-4,10-17H2,1-2H3,(H,37,41)/t19?,20-,34-/m0/s1. The molecule has 3 aromatic rings. The minimum absolute atomic E-state index is 0.0128. The van der Waals surface area contributed by atoms with Gasteiger partial charge in [-0.1, -0.05) is 44.2 Å². The number of benzene rings is 2. The number of ether oxygens (including phenoxy) is 2. The Kier molecular flexibility index (Phi) is 7.40. The van der Waals surface area contributed by atoms with Gasteiger partial charge in [0.15, 0.2) is 11.6 Å². The Hall–Kier alpha value is -3.50. The fourth-order valence-corrected chi connectivity index (χ4v) is 8.34. The first-order valence-corrected chi connectivity index (χ1v) is 16.2. The summed E-state index contributed by atoms with van der Waals surface area (Å²) >= 11 is 3.66. The number of hydrogen-bond acceptors (Lipinski definition) is 7. The summed E-state index contributed by atoms with van der Waals surface area (Å²) in [5, 5.41) is 2.30. The molecule has 1 aromatic heterocycles. The third-order valence-electron chi connectivity index (χ3n) is 9.74. The maximum absolute atomic E-state index is 16.7. The summed E-state index contributed by atoms with van der Waals surface area (Å²) < 4.78 is 34.8. The molecule has 1 spiro atoms. The van der Waals surface area contributed by atoms with Crippen LogP contribution in [0.1, 0.15) is 76.3 Å². The van der Waals surface area contributed by atoms with Crippen LogP contribution in [-0.4, -0.2) is 41.3 Å². The van der Waals surface area contributed by atoms with E-state index in [0.29, 0.717) is 57.8 Å². The predicted octanol–water partition coefficient (Wildman–Crippen LogP) is 6.16. The van der Waals surface area contributed by atoms with Crippen molar-refractivity contribution in [1.82, 2.24) is 10.1 Å². The molecule has 1 unspecified atom stereocenters. The molecule has 1 fully saturated rings. The van der Waals surface area contributed by atoms with E-state index in [-0.39, 0.29) is 54.2 Å². The molecular weight excluding hydrogens is 631 g/mol. The molecule has 4 aliphatic rings. The Morgan fingerprint density at radius 2 is 1.84 bits per heavy atom. The number of aromatic nitrogens is 1. The molecular formula is C34H34BrFN2O6. The molecule has 7 rings (SSSR count). The number of hydrogen-bond donors (Lipinski definition) is 1. The Bertz CT molecular complexity index is 1760. The zero-order valence-corrected chi connectivity index (χ0v) is 26.4. The molecule has 0 bridgehead atoms. The van der Waals surface area contributed by atoms with Gasteiger partial charge in [0, 0.05) is 29.7 Å². The third kappa shape index (κ3) is 4.28. The van der Waals surface area contributed by atoms with Crippen LogP contribution in [0.4, 0.5) is 4.39 Å². The second-order valence-electron chi connectivity index (χ2n) is 12.4. The number of carbonyl (C=O) groups is 2. The maximum Gasteiger partial charge on any atom is 0.291 e. The number of aromatic amines is 1. The number of halogens is 2. The molecule has 2 aromatic carbocycles. The molecule has 1 N–H and O–H groups in total. The normalized spacial score (nSPS) is 23.3. The molecule has 10 heteroatoms. The summed E-state index contributed by atoms with van der Waals surface area (Å²) in [4.78, 5) is 43.1. The number of nitrogens with one attached hydrogen (secondary N) is 1. The lowest BCUT2D eigenvalue weighted by atomic mass is 9.53. The monoisotopic (exact) mass is 664 g/mol. The van der Waals surface area contributed by atoms with Crippen LogP contribution in [-0.2, 0) is 30.7 Å². The zero-order chi connectivity index (χ0) is 30.7. The third-order valence-corrected chi connectivity index (χ3v) is 10.6. The van der Waals surface area contributed by atoms with Gasteiger partial charge in [0.2, 0.25) is 0 Å². The fourth-order valence-electron chi connectivity index (χ4n) is 7.73. The smallest absolute Gasteiger partial charge is 0.291 e. The van der Waals surface area contributed by atoms with E-state index < -0.39 is 16.8 Å². The van der Waals surface area contributed by atoms with Crippen LogP contribution >= 0.6 is 15.9 Å². The molecule has 8 nitrogen and oxygen atoms in total. The quantitative estimate of drug-likeness (QED) is 0.293. The van der Waals surface area contributed by atoms with Gasteiger partial charge >= 0.3 is 0 Å². The molecule has 1 aliphatic heterocycles. The van der Waals surface area contributed by atoms with Gasteiger partial charge in [-0.15, -0.1) is 0 Å². The molecule has 2 heterocycles. The van der Waals surface area contributed by atoms with Gasteiger partial charge in [-0.3, -0.25) is 19.3 Å². The minimum Gasteiger partial charge on any atom is -0.495 e. The Morgan fingerprint density at radius 1 is 1.09 bits per heavy atom. The summed E-state index contributed by atoms with van der Waals surface area (Å²) in [5.41, 5.74) is 0.695. The number of ketones is 2. The first-order valence-electron chi connectivity index (χ1n) is 15.4. The van der Waals surface area contributed by atoms with Crippen LogP contribution in [0.3, 0.4) is 0 Å². The lowest BCUT2D eigenvalue weighted by Crippen LogP contribution is -2.60. The average Bonchev–Trinajstić information content (AvgIpc) is 3.37. The molecule has 1 saturated heterocycles. The van der Waals surface area contributed by atoms with Crippen LogP contribution in [0.15, 0.2) is 55.5 Å². The van der Waals surface area contributed by atoms with Gasteiger partial charge in [0.25, 0.3) is 5.56 Å². The van der Waals surface area contributed by atoms with Crippen molar-refractivity contribution >= 4 is 27.5 Å². The van der Waals surface area contributed by atoms with Crippen molar-refractivity contribution in [2.45, 2.75) is 59.1 Å². The second-order valence-corrected chi connectivity index (χ2v) is 13.2. The summed E-state index contributed by atoms with van der Waals surface area (Å²) in [7, 11) is 0. The SMILES string of the molecule is CCCN(CCC)Cc1c(F)c2c(c(OCc3ccccc3)c1Br)C(=O)C1=C3OC[C@]34C(=O)c3c(o[nH]c3=O)C[C@@H]4CC1C2. The summed E-state index contributed by atoms with van der Waals surface area (Å²) in [5.74, 6) is -0.703. The van der Waals surface area contributed by atoms with Gasteiger partial charge in [0.1, 0.15) is 47.3 Å². The number of allylic oxidation sites excluding steroid dienone is 1. The zero-order valence-electron chi connectivity index (χ0n) is 24.8. The molecule has 0 saturated carbocycles. The van der Waals surface area contributed by atoms with E-state index in [9.17, 15) is 14.4 Å². The van der Waals surface area contributed by atoms with E-state index in [1.54, 1.807) is 0 Å². The van der Waals surface area contributed by atoms with Crippen LogP contribution < -0.4 is 10.3 Å². The first-order chi connectivity index (χ1) is 21.3. The van der Waals surface area contributed by atoms with E-state index in [1.807, 2.05) is 30.3 Å². The van der Waals surface area contributed by atoms with Crippen molar-refractivity contribution in [3.8, 4) is 5.75 Å². The van der Waals surface area contributed by atoms with Crippen LogP contribution in [0, 0.1) is 23.1 Å². The average molecular weight is 666 g/mol.